The van der Waals surface area contributed by atoms with Crippen LogP contribution >= 0.6 is 0 Å². The molecule has 0 spiro atoms. The summed E-state index contributed by atoms with van der Waals surface area (Å²) in [5.74, 6) is 0.0149. The van der Waals surface area contributed by atoms with Crippen molar-refractivity contribution in [3.05, 3.63) is 46.8 Å². The summed E-state index contributed by atoms with van der Waals surface area (Å²) in [5.41, 5.74) is 2.97. The van der Waals surface area contributed by atoms with Gasteiger partial charge in [0.15, 0.2) is 5.78 Å². The van der Waals surface area contributed by atoms with Gasteiger partial charge in [-0.25, -0.2) is 0 Å². The van der Waals surface area contributed by atoms with Crippen molar-refractivity contribution in [2.75, 3.05) is 20.7 Å². The number of benzene rings is 1. The van der Waals surface area contributed by atoms with Crippen molar-refractivity contribution in [3.8, 4) is 22.9 Å². The van der Waals surface area contributed by atoms with E-state index in [0.29, 0.717) is 45.9 Å². The van der Waals surface area contributed by atoms with Gasteiger partial charge >= 0.3 is 59.1 Å². The van der Waals surface area contributed by atoms with Gasteiger partial charge in [0.05, 0.1) is 17.7 Å². The Morgan fingerprint density at radius 1 is 1.19 bits per heavy atom. The number of carbonyl (C=O) groups is 3. The molecule has 1 aromatic carbocycles. The van der Waals surface area contributed by atoms with E-state index in [-0.39, 0.29) is 70.8 Å². The van der Waals surface area contributed by atoms with Crippen LogP contribution in [0, 0.1) is 18.3 Å². The molecule has 2 rings (SSSR count). The topological polar surface area (TPSA) is 146 Å². The average Bonchev–Trinajstić information content (AvgIpc) is 2.67. The third kappa shape index (κ3) is 8.54. The summed E-state index contributed by atoms with van der Waals surface area (Å²) in [4.78, 5) is 38.1. The molecule has 1 amide bonds. The maximum Gasteiger partial charge on any atom is 1.00 e. The predicted octanol–water partition coefficient (Wildman–Crippen LogP) is -5.21. The zero-order valence-corrected chi connectivity index (χ0v) is 23.3. The third-order valence-electron chi connectivity index (χ3n) is 3.93. The van der Waals surface area contributed by atoms with Crippen molar-refractivity contribution in [3.63, 3.8) is 0 Å². The van der Waals surface area contributed by atoms with Crippen LogP contribution in [0.1, 0.15) is 45.8 Å². The van der Waals surface area contributed by atoms with Gasteiger partial charge in [-0.15, -0.1) is 0 Å². The Balaban J connectivity index is 0. The fraction of sp³-hybridized carbons (Fsp3) is 0.286. The molecule has 0 saturated carbocycles. The van der Waals surface area contributed by atoms with Gasteiger partial charge in [-0.3, -0.25) is 14.6 Å². The Morgan fingerprint density at radius 3 is 2.12 bits per heavy atom. The summed E-state index contributed by atoms with van der Waals surface area (Å²) >= 11 is 0. The largest absolute Gasteiger partial charge is 1.00 e. The number of hydrogen-bond donors (Lipinski definition) is 0. The van der Waals surface area contributed by atoms with E-state index in [1.54, 1.807) is 39.2 Å². The molecule has 0 N–H and O–H groups in total. The number of hydrogen-bond acceptors (Lipinski definition) is 8. The summed E-state index contributed by atoms with van der Waals surface area (Å²) in [7, 11) is 3.30. The van der Waals surface area contributed by atoms with Crippen LogP contribution in [0.4, 0.5) is 4.79 Å². The zero-order valence-electron chi connectivity index (χ0n) is 19.3. The number of nitrogens with zero attached hydrogens (tertiary/aromatic N) is 3. The number of amides is 1. The van der Waals surface area contributed by atoms with Crippen LogP contribution in [0.15, 0.2) is 24.4 Å². The molecular weight excluding hydrogens is 436 g/mol. The number of aryl methyl sites for hydroxylation is 1. The van der Waals surface area contributed by atoms with Crippen molar-refractivity contribution in [2.45, 2.75) is 20.8 Å². The minimum absolute atomic E-state index is 0. The number of rotatable bonds is 5. The maximum absolute atomic E-state index is 12.1. The first-order chi connectivity index (χ1) is 14.0. The van der Waals surface area contributed by atoms with Crippen LogP contribution in [0.2, 0.25) is 0 Å². The van der Waals surface area contributed by atoms with E-state index in [1.807, 2.05) is 6.92 Å². The molecular formula is C21H21N3Na2O6. The monoisotopic (exact) mass is 457 g/mol. The molecule has 0 aliphatic carbocycles. The molecule has 158 valence electrons. The van der Waals surface area contributed by atoms with Crippen LogP contribution in [0.3, 0.4) is 0 Å². The SMILES string of the molecule is CCOc1c(C(C)=O)cc(C)c(C#N)c1-c1ccc(C(=O)N(C)C)nc1.O=C([O-])[O-].[Na+].[Na+]. The van der Waals surface area contributed by atoms with E-state index >= 15 is 0 Å². The molecule has 0 bridgehead atoms. The van der Waals surface area contributed by atoms with Crippen molar-refractivity contribution < 1.29 is 88.4 Å². The first kappa shape index (κ1) is 32.3. The molecule has 9 nitrogen and oxygen atoms in total. The molecule has 0 unspecified atom stereocenters. The predicted molar refractivity (Wildman–Crippen MR) is 104 cm³/mol. The summed E-state index contributed by atoms with van der Waals surface area (Å²) < 4.78 is 5.72. The molecule has 0 aliphatic rings. The zero-order chi connectivity index (χ0) is 23.0. The second-order valence-electron chi connectivity index (χ2n) is 6.30. The number of ketones is 1. The average molecular weight is 457 g/mol. The van der Waals surface area contributed by atoms with Crippen LogP contribution in [0.5, 0.6) is 5.75 Å². The standard InChI is InChI=1S/C20H21N3O3.CH2O3.2Na/c1-6-26-19-15(13(3)24)9-12(2)16(10-21)18(19)14-7-8-17(22-11-14)20(25)23(4)5;2-1(3)4;;/h7-9,11H,6H2,1-5H3;(H2,2,3,4);;/q;;2*+1/p-2. The van der Waals surface area contributed by atoms with Crippen molar-refractivity contribution in [1.29, 1.82) is 5.26 Å². The number of nitriles is 1. The second-order valence-corrected chi connectivity index (χ2v) is 6.30. The number of carbonyl (C=O) groups excluding carboxylic acids is 3. The molecule has 0 radical (unpaired) electrons. The van der Waals surface area contributed by atoms with Gasteiger partial charge in [0.2, 0.25) is 0 Å². The van der Waals surface area contributed by atoms with E-state index in [1.165, 1.54) is 18.0 Å². The molecule has 1 heterocycles. The molecule has 32 heavy (non-hydrogen) atoms. The Hall–Kier alpha value is -1.93. The molecule has 1 aromatic heterocycles. The number of carboxylic acid groups (broad SMARTS) is 2. The minimum Gasteiger partial charge on any atom is -0.652 e. The summed E-state index contributed by atoms with van der Waals surface area (Å²) in [5, 5.41) is 26.3. The van der Waals surface area contributed by atoms with Crippen molar-refractivity contribution in [2.24, 2.45) is 0 Å². The number of ether oxygens (including phenoxy) is 1. The molecule has 0 fully saturated rings. The summed E-state index contributed by atoms with van der Waals surface area (Å²) in [6.07, 6.45) is -0.807. The van der Waals surface area contributed by atoms with Gasteiger partial charge in [-0.1, -0.05) is 6.07 Å². The number of Topliss-reactive ketones (excluding diaryl/α,β-unsaturated/α-hetero) is 1. The second kappa shape index (κ2) is 15.0. The Kier molecular flexibility index (Phi) is 15.1. The molecule has 11 heteroatoms. The maximum atomic E-state index is 12.1. The third-order valence-corrected chi connectivity index (χ3v) is 3.93. The van der Waals surface area contributed by atoms with Gasteiger partial charge < -0.3 is 24.6 Å². The van der Waals surface area contributed by atoms with Crippen LogP contribution < -0.4 is 74.1 Å². The molecule has 0 saturated heterocycles. The van der Waals surface area contributed by atoms with E-state index in [0.717, 1.165) is 0 Å². The molecule has 2 aromatic rings. The van der Waals surface area contributed by atoms with Gasteiger partial charge in [0.1, 0.15) is 17.5 Å². The Labute approximate surface area is 231 Å². The van der Waals surface area contributed by atoms with E-state index < -0.39 is 6.16 Å². The first-order valence-electron chi connectivity index (χ1n) is 8.82. The summed E-state index contributed by atoms with van der Waals surface area (Å²) in [6.45, 7) is 5.41. The van der Waals surface area contributed by atoms with E-state index in [9.17, 15) is 14.9 Å². The number of aromatic nitrogens is 1. The normalized spacial score (nSPS) is 9.00. The van der Waals surface area contributed by atoms with Gasteiger partial charge in [0.25, 0.3) is 5.91 Å². The van der Waals surface area contributed by atoms with E-state index in [4.69, 9.17) is 19.7 Å². The number of pyridine rings is 1. The van der Waals surface area contributed by atoms with Gasteiger partial charge in [0, 0.05) is 31.4 Å². The quantitative estimate of drug-likeness (QED) is 0.320. The van der Waals surface area contributed by atoms with Crippen LogP contribution in [-0.4, -0.2) is 48.4 Å². The molecule has 0 atom stereocenters. The van der Waals surface area contributed by atoms with Crippen LogP contribution in [-0.2, 0) is 0 Å². The Morgan fingerprint density at radius 2 is 1.75 bits per heavy atom. The minimum atomic E-state index is -2.33. The smallest absolute Gasteiger partial charge is 0.652 e. The van der Waals surface area contributed by atoms with Gasteiger partial charge in [-0.05, 0) is 44.6 Å². The first-order valence-corrected chi connectivity index (χ1v) is 8.82. The van der Waals surface area contributed by atoms with Crippen LogP contribution in [0.25, 0.3) is 11.1 Å². The fourth-order valence-electron chi connectivity index (χ4n) is 2.67. The fourth-order valence-corrected chi connectivity index (χ4v) is 2.67. The van der Waals surface area contributed by atoms with Crippen molar-refractivity contribution >= 4 is 17.8 Å². The van der Waals surface area contributed by atoms with Crippen molar-refractivity contribution in [1.82, 2.24) is 9.88 Å². The Bertz CT molecular complexity index is 998. The summed E-state index contributed by atoms with van der Waals surface area (Å²) in [6, 6.07) is 7.18. The van der Waals surface area contributed by atoms with Gasteiger partial charge in [-0.2, -0.15) is 5.26 Å². The van der Waals surface area contributed by atoms with E-state index in [2.05, 4.69) is 11.1 Å². The molecule has 0 aliphatic heterocycles.